The number of hydrogen-bond donors (Lipinski definition) is 1. The summed E-state index contributed by atoms with van der Waals surface area (Å²) >= 11 is 0. The van der Waals surface area contributed by atoms with E-state index in [-0.39, 0.29) is 11.6 Å². The molecule has 2 N–H and O–H groups in total. The van der Waals surface area contributed by atoms with Crippen LogP contribution in [0.1, 0.15) is 51.3 Å². The van der Waals surface area contributed by atoms with Crippen molar-refractivity contribution < 1.29 is 4.74 Å². The molecule has 0 aromatic carbocycles. The highest BCUT2D eigenvalue weighted by molar-refractivity contribution is 5.06. The van der Waals surface area contributed by atoms with Crippen LogP contribution < -0.4 is 5.73 Å². The van der Waals surface area contributed by atoms with Crippen molar-refractivity contribution in [1.82, 2.24) is 9.78 Å². The molecule has 1 saturated carbocycles. The number of aromatic nitrogens is 2. The molecule has 1 aromatic heterocycles. The SMILES string of the molecule is COC1(C(N)Cc2ccn(C(C)C)n2)CCCC1. The van der Waals surface area contributed by atoms with Crippen molar-refractivity contribution >= 4 is 0 Å². The zero-order chi connectivity index (χ0) is 13.2. The van der Waals surface area contributed by atoms with Crippen LogP contribution in [0.15, 0.2) is 12.3 Å². The Morgan fingerprint density at radius 2 is 2.11 bits per heavy atom. The van der Waals surface area contributed by atoms with Gasteiger partial charge in [0.15, 0.2) is 0 Å². The number of methoxy groups -OCH3 is 1. The lowest BCUT2D eigenvalue weighted by Crippen LogP contribution is -2.48. The monoisotopic (exact) mass is 251 g/mol. The molecule has 1 aromatic rings. The maximum atomic E-state index is 6.37. The summed E-state index contributed by atoms with van der Waals surface area (Å²) in [4.78, 5) is 0. The molecule has 1 aliphatic rings. The Kier molecular flexibility index (Phi) is 4.07. The lowest BCUT2D eigenvalue weighted by molar-refractivity contribution is -0.0255. The Balaban J connectivity index is 2.03. The van der Waals surface area contributed by atoms with Crippen molar-refractivity contribution in [2.24, 2.45) is 5.73 Å². The fourth-order valence-electron chi connectivity index (χ4n) is 2.88. The Hall–Kier alpha value is -0.870. The van der Waals surface area contributed by atoms with Gasteiger partial charge in [-0.2, -0.15) is 5.10 Å². The maximum Gasteiger partial charge on any atom is 0.0832 e. The molecule has 0 spiro atoms. The van der Waals surface area contributed by atoms with Crippen LogP contribution in [-0.2, 0) is 11.2 Å². The van der Waals surface area contributed by atoms with E-state index < -0.39 is 0 Å². The van der Waals surface area contributed by atoms with Crippen LogP contribution in [0.2, 0.25) is 0 Å². The average Bonchev–Trinajstić information content (AvgIpc) is 2.97. The molecule has 18 heavy (non-hydrogen) atoms. The predicted molar refractivity (Wildman–Crippen MR) is 72.5 cm³/mol. The first kappa shape index (κ1) is 13.6. The first-order valence-corrected chi connectivity index (χ1v) is 6.92. The molecular formula is C14H25N3O. The molecule has 1 heterocycles. The van der Waals surface area contributed by atoms with Gasteiger partial charge in [-0.05, 0) is 32.8 Å². The second kappa shape index (κ2) is 5.41. The summed E-state index contributed by atoms with van der Waals surface area (Å²) in [5, 5.41) is 4.57. The van der Waals surface area contributed by atoms with Crippen LogP contribution >= 0.6 is 0 Å². The molecule has 0 bridgehead atoms. The first-order chi connectivity index (χ1) is 8.57. The van der Waals surface area contributed by atoms with Crippen molar-refractivity contribution in [2.75, 3.05) is 7.11 Å². The Morgan fingerprint density at radius 3 is 2.61 bits per heavy atom. The second-order valence-corrected chi connectivity index (χ2v) is 5.67. The van der Waals surface area contributed by atoms with Gasteiger partial charge in [-0.15, -0.1) is 0 Å². The Morgan fingerprint density at radius 1 is 1.44 bits per heavy atom. The van der Waals surface area contributed by atoms with E-state index >= 15 is 0 Å². The van der Waals surface area contributed by atoms with Gasteiger partial charge in [-0.1, -0.05) is 12.8 Å². The van der Waals surface area contributed by atoms with Crippen LogP contribution in [0, 0.1) is 0 Å². The zero-order valence-electron chi connectivity index (χ0n) is 11.7. The van der Waals surface area contributed by atoms with Crippen molar-refractivity contribution in [1.29, 1.82) is 0 Å². The summed E-state index contributed by atoms with van der Waals surface area (Å²) in [5.41, 5.74) is 7.31. The summed E-state index contributed by atoms with van der Waals surface area (Å²) in [6, 6.07) is 2.51. The van der Waals surface area contributed by atoms with E-state index in [1.54, 1.807) is 7.11 Å². The van der Waals surface area contributed by atoms with E-state index in [1.165, 1.54) is 12.8 Å². The minimum Gasteiger partial charge on any atom is -0.377 e. The number of nitrogens with two attached hydrogens (primary N) is 1. The van der Waals surface area contributed by atoms with Gasteiger partial charge in [-0.25, -0.2) is 0 Å². The molecule has 0 amide bonds. The van der Waals surface area contributed by atoms with Gasteiger partial charge in [-0.3, -0.25) is 4.68 Å². The average molecular weight is 251 g/mol. The summed E-state index contributed by atoms with van der Waals surface area (Å²) < 4.78 is 7.71. The largest absolute Gasteiger partial charge is 0.377 e. The Bertz CT molecular complexity index is 380. The minimum atomic E-state index is -0.123. The molecule has 0 radical (unpaired) electrons. The third kappa shape index (κ3) is 2.59. The molecule has 4 nitrogen and oxygen atoms in total. The van der Waals surface area contributed by atoms with Crippen LogP contribution in [0.5, 0.6) is 0 Å². The zero-order valence-corrected chi connectivity index (χ0v) is 11.7. The molecule has 2 rings (SSSR count). The van der Waals surface area contributed by atoms with Crippen LogP contribution in [-0.4, -0.2) is 28.5 Å². The highest BCUT2D eigenvalue weighted by Gasteiger charge is 2.39. The van der Waals surface area contributed by atoms with Gasteiger partial charge in [0.2, 0.25) is 0 Å². The third-order valence-electron chi connectivity index (χ3n) is 4.15. The van der Waals surface area contributed by atoms with Gasteiger partial charge in [0.05, 0.1) is 11.3 Å². The molecule has 1 unspecified atom stereocenters. The molecule has 1 atom stereocenters. The lowest BCUT2D eigenvalue weighted by Gasteiger charge is -2.33. The highest BCUT2D eigenvalue weighted by Crippen LogP contribution is 2.35. The molecule has 1 fully saturated rings. The normalized spacial score (nSPS) is 20.5. The maximum absolute atomic E-state index is 6.37. The van der Waals surface area contributed by atoms with Crippen molar-refractivity contribution in [3.8, 4) is 0 Å². The van der Waals surface area contributed by atoms with E-state index in [0.29, 0.717) is 6.04 Å². The van der Waals surface area contributed by atoms with E-state index in [0.717, 1.165) is 25.0 Å². The summed E-state index contributed by atoms with van der Waals surface area (Å²) in [5.74, 6) is 0. The fourth-order valence-corrected chi connectivity index (χ4v) is 2.88. The number of hydrogen-bond acceptors (Lipinski definition) is 3. The van der Waals surface area contributed by atoms with E-state index in [4.69, 9.17) is 10.5 Å². The third-order valence-corrected chi connectivity index (χ3v) is 4.15. The van der Waals surface area contributed by atoms with Crippen molar-refractivity contribution in [3.63, 3.8) is 0 Å². The van der Waals surface area contributed by atoms with Gasteiger partial charge in [0.25, 0.3) is 0 Å². The standard InChI is InChI=1S/C14H25N3O/c1-11(2)17-9-6-12(16-17)10-13(15)14(18-3)7-4-5-8-14/h6,9,11,13H,4-5,7-8,10,15H2,1-3H3. The topological polar surface area (TPSA) is 53.1 Å². The smallest absolute Gasteiger partial charge is 0.0832 e. The minimum absolute atomic E-state index is 0.0421. The highest BCUT2D eigenvalue weighted by atomic mass is 16.5. The van der Waals surface area contributed by atoms with E-state index in [2.05, 4.69) is 25.0 Å². The van der Waals surface area contributed by atoms with E-state index in [1.807, 2.05) is 10.9 Å². The van der Waals surface area contributed by atoms with Crippen LogP contribution in [0.4, 0.5) is 0 Å². The van der Waals surface area contributed by atoms with Crippen molar-refractivity contribution in [3.05, 3.63) is 18.0 Å². The van der Waals surface area contributed by atoms with Gasteiger partial charge in [0.1, 0.15) is 0 Å². The predicted octanol–water partition coefficient (Wildman–Crippen LogP) is 2.29. The molecular weight excluding hydrogens is 226 g/mol. The fraction of sp³-hybridized carbons (Fsp3) is 0.786. The Labute approximate surface area is 110 Å². The summed E-state index contributed by atoms with van der Waals surface area (Å²) in [7, 11) is 1.79. The number of nitrogens with zero attached hydrogens (tertiary/aromatic N) is 2. The first-order valence-electron chi connectivity index (χ1n) is 6.92. The summed E-state index contributed by atoms with van der Waals surface area (Å²) in [6.45, 7) is 4.26. The molecule has 4 heteroatoms. The summed E-state index contributed by atoms with van der Waals surface area (Å²) in [6.07, 6.45) is 7.43. The van der Waals surface area contributed by atoms with Gasteiger partial charge >= 0.3 is 0 Å². The lowest BCUT2D eigenvalue weighted by atomic mass is 9.89. The number of rotatable bonds is 5. The molecule has 102 valence electrons. The van der Waals surface area contributed by atoms with E-state index in [9.17, 15) is 0 Å². The second-order valence-electron chi connectivity index (χ2n) is 5.67. The van der Waals surface area contributed by atoms with Gasteiger partial charge < -0.3 is 10.5 Å². The molecule has 0 saturated heterocycles. The van der Waals surface area contributed by atoms with Crippen molar-refractivity contribution in [2.45, 2.75) is 63.6 Å². The number of ether oxygens (including phenoxy) is 1. The molecule has 1 aliphatic carbocycles. The van der Waals surface area contributed by atoms with Gasteiger partial charge in [0, 0.05) is 31.8 Å². The van der Waals surface area contributed by atoms with Crippen LogP contribution in [0.3, 0.4) is 0 Å². The molecule has 0 aliphatic heterocycles. The quantitative estimate of drug-likeness (QED) is 0.873. The van der Waals surface area contributed by atoms with Crippen LogP contribution in [0.25, 0.3) is 0 Å².